The molecule has 0 aliphatic rings. The molecule has 0 fully saturated rings. The van der Waals surface area contributed by atoms with Gasteiger partial charge in [-0.15, -0.1) is 0 Å². The number of nitrogens with zero attached hydrogens (tertiary/aromatic N) is 1. The molecule has 1 radical (unpaired) electrons. The van der Waals surface area contributed by atoms with Crippen molar-refractivity contribution in [3.63, 3.8) is 0 Å². The fourth-order valence-corrected chi connectivity index (χ4v) is 2.38. The zero-order valence-corrected chi connectivity index (χ0v) is 16.3. The van der Waals surface area contributed by atoms with Crippen LogP contribution in [0.5, 0.6) is 11.5 Å². The van der Waals surface area contributed by atoms with Crippen LogP contribution in [0.3, 0.4) is 0 Å². The standard InChI is InChI=1S/C13H21NO5S.Na.H2O/c1-4-14(6-5-7-20(15,16)17)11-8-12(18-2)10-13(9-11)19-3;;/h8-10H,4-7H2,1-3H3,(H,15,16,17);;1H2. The van der Waals surface area contributed by atoms with E-state index in [1.807, 2.05) is 24.0 Å². The Balaban J connectivity index is 0. The molecule has 0 bridgehead atoms. The normalized spacial score (nSPS) is 10.2. The Morgan fingerprint density at radius 3 is 2.00 bits per heavy atom. The van der Waals surface area contributed by atoms with Crippen LogP contribution in [0.2, 0.25) is 0 Å². The topological polar surface area (TPSA) is 108 Å². The minimum Gasteiger partial charge on any atom is -0.497 e. The van der Waals surface area contributed by atoms with E-state index in [2.05, 4.69) is 0 Å². The van der Waals surface area contributed by atoms with E-state index < -0.39 is 10.1 Å². The molecule has 123 valence electrons. The van der Waals surface area contributed by atoms with Crippen LogP contribution in [-0.4, -0.2) is 81.1 Å². The van der Waals surface area contributed by atoms with Crippen molar-refractivity contribution in [2.24, 2.45) is 0 Å². The molecule has 0 amide bonds. The summed E-state index contributed by atoms with van der Waals surface area (Å²) in [5.74, 6) is 1.10. The average Bonchev–Trinajstić information content (AvgIpc) is 2.41. The van der Waals surface area contributed by atoms with Crippen LogP contribution < -0.4 is 14.4 Å². The monoisotopic (exact) mass is 344 g/mol. The summed E-state index contributed by atoms with van der Waals surface area (Å²) >= 11 is 0. The second-order valence-corrected chi connectivity index (χ2v) is 5.86. The van der Waals surface area contributed by atoms with Crippen molar-refractivity contribution in [1.29, 1.82) is 0 Å². The van der Waals surface area contributed by atoms with E-state index in [9.17, 15) is 8.42 Å². The fraction of sp³-hybridized carbons (Fsp3) is 0.538. The van der Waals surface area contributed by atoms with Gasteiger partial charge in [0.1, 0.15) is 11.5 Å². The molecule has 0 atom stereocenters. The van der Waals surface area contributed by atoms with Gasteiger partial charge in [-0.05, 0) is 13.3 Å². The SMILES string of the molecule is CCN(CCCS(=O)(=O)O)c1cc(OC)cc(OC)c1.O.[Na]. The van der Waals surface area contributed by atoms with Crippen LogP contribution in [0, 0.1) is 0 Å². The first kappa shape index (κ1) is 23.8. The summed E-state index contributed by atoms with van der Waals surface area (Å²) in [5, 5.41) is 0. The minimum absolute atomic E-state index is 0. The van der Waals surface area contributed by atoms with Gasteiger partial charge in [0.05, 0.1) is 20.0 Å². The quantitative estimate of drug-likeness (QED) is 0.547. The van der Waals surface area contributed by atoms with Crippen molar-refractivity contribution in [2.75, 3.05) is 38.0 Å². The molecule has 0 heterocycles. The van der Waals surface area contributed by atoms with Crippen molar-refractivity contribution >= 4 is 45.4 Å². The molecule has 0 aromatic heterocycles. The maximum absolute atomic E-state index is 10.7. The summed E-state index contributed by atoms with van der Waals surface area (Å²) in [6.07, 6.45) is 0.353. The van der Waals surface area contributed by atoms with Gasteiger partial charge in [-0.3, -0.25) is 4.55 Å². The Labute approximate surface area is 153 Å². The van der Waals surface area contributed by atoms with Crippen LogP contribution in [-0.2, 0) is 10.1 Å². The van der Waals surface area contributed by atoms with E-state index in [1.54, 1.807) is 20.3 Å². The average molecular weight is 344 g/mol. The van der Waals surface area contributed by atoms with Crippen LogP contribution in [0.4, 0.5) is 5.69 Å². The van der Waals surface area contributed by atoms with E-state index in [4.69, 9.17) is 14.0 Å². The van der Waals surface area contributed by atoms with E-state index in [1.165, 1.54) is 0 Å². The summed E-state index contributed by atoms with van der Waals surface area (Å²) in [4.78, 5) is 2.00. The summed E-state index contributed by atoms with van der Waals surface area (Å²) in [6.45, 7) is 3.20. The number of benzene rings is 1. The second kappa shape index (κ2) is 11.1. The van der Waals surface area contributed by atoms with Crippen LogP contribution in [0.25, 0.3) is 0 Å². The van der Waals surface area contributed by atoms with Crippen molar-refractivity contribution in [1.82, 2.24) is 0 Å². The molecule has 0 saturated heterocycles. The Kier molecular flexibility index (Phi) is 12.0. The molecule has 1 aromatic carbocycles. The smallest absolute Gasteiger partial charge is 0.264 e. The molecule has 3 N–H and O–H groups in total. The Morgan fingerprint density at radius 2 is 1.64 bits per heavy atom. The summed E-state index contributed by atoms with van der Waals surface area (Å²) in [6, 6.07) is 5.49. The molecule has 9 heteroatoms. The summed E-state index contributed by atoms with van der Waals surface area (Å²) in [5.41, 5.74) is 0.888. The number of hydrogen-bond donors (Lipinski definition) is 1. The van der Waals surface area contributed by atoms with Crippen LogP contribution >= 0.6 is 0 Å². The number of rotatable bonds is 8. The van der Waals surface area contributed by atoms with E-state index >= 15 is 0 Å². The second-order valence-electron chi connectivity index (χ2n) is 4.29. The Morgan fingerprint density at radius 1 is 1.14 bits per heavy atom. The summed E-state index contributed by atoms with van der Waals surface area (Å²) in [7, 11) is -0.759. The fourth-order valence-electron chi connectivity index (χ4n) is 1.88. The molecular formula is C13H23NNaO6S. The first-order valence-corrected chi connectivity index (χ1v) is 7.93. The molecule has 1 rings (SSSR count). The molecular weight excluding hydrogens is 321 g/mol. The zero-order chi connectivity index (χ0) is 15.2. The molecule has 0 aliphatic heterocycles. The Hall–Kier alpha value is -0.510. The largest absolute Gasteiger partial charge is 0.497 e. The van der Waals surface area contributed by atoms with Crippen molar-refractivity contribution < 1.29 is 27.9 Å². The van der Waals surface area contributed by atoms with E-state index in [-0.39, 0.29) is 40.8 Å². The van der Waals surface area contributed by atoms with Crippen LogP contribution in [0.15, 0.2) is 18.2 Å². The maximum atomic E-state index is 10.7. The van der Waals surface area contributed by atoms with Gasteiger partial charge >= 0.3 is 0 Å². The predicted octanol–water partition coefficient (Wildman–Crippen LogP) is 0.603. The van der Waals surface area contributed by atoms with E-state index in [0.717, 1.165) is 5.69 Å². The minimum atomic E-state index is -3.91. The Bertz CT molecular complexity index is 515. The molecule has 1 aromatic rings. The third kappa shape index (κ3) is 8.21. The number of ether oxygens (including phenoxy) is 2. The number of hydrogen-bond acceptors (Lipinski definition) is 5. The third-order valence-electron chi connectivity index (χ3n) is 2.91. The van der Waals surface area contributed by atoms with Gasteiger partial charge in [-0.25, -0.2) is 0 Å². The van der Waals surface area contributed by atoms with Gasteiger partial charge in [-0.2, -0.15) is 8.42 Å². The molecule has 0 unspecified atom stereocenters. The van der Waals surface area contributed by atoms with Gasteiger partial charge in [-0.1, -0.05) is 0 Å². The number of methoxy groups -OCH3 is 2. The van der Waals surface area contributed by atoms with Gasteiger partial charge in [0, 0.05) is 66.5 Å². The van der Waals surface area contributed by atoms with Crippen molar-refractivity contribution in [3.8, 4) is 11.5 Å². The molecule has 0 spiro atoms. The first-order chi connectivity index (χ1) is 9.39. The van der Waals surface area contributed by atoms with Crippen LogP contribution in [0.1, 0.15) is 13.3 Å². The van der Waals surface area contributed by atoms with Gasteiger partial charge in [0.15, 0.2) is 0 Å². The molecule has 0 aliphatic carbocycles. The van der Waals surface area contributed by atoms with Gasteiger partial charge in [0.25, 0.3) is 10.1 Å². The molecule has 22 heavy (non-hydrogen) atoms. The van der Waals surface area contributed by atoms with Gasteiger partial charge < -0.3 is 19.8 Å². The van der Waals surface area contributed by atoms with E-state index in [0.29, 0.717) is 31.0 Å². The van der Waals surface area contributed by atoms with Gasteiger partial charge in [0.2, 0.25) is 0 Å². The van der Waals surface area contributed by atoms with Crippen molar-refractivity contribution in [3.05, 3.63) is 18.2 Å². The predicted molar refractivity (Wildman–Crippen MR) is 87.8 cm³/mol. The molecule has 7 nitrogen and oxygen atoms in total. The first-order valence-electron chi connectivity index (χ1n) is 6.32. The molecule has 0 saturated carbocycles. The van der Waals surface area contributed by atoms with Crippen molar-refractivity contribution in [2.45, 2.75) is 13.3 Å². The maximum Gasteiger partial charge on any atom is 0.264 e. The number of anilines is 1. The zero-order valence-electron chi connectivity index (χ0n) is 13.5. The third-order valence-corrected chi connectivity index (χ3v) is 3.72. The summed E-state index contributed by atoms with van der Waals surface area (Å²) < 4.78 is 40.6.